The maximum absolute atomic E-state index is 11.9. The molecule has 2 aliphatic rings. The molecular weight excluding hydrogens is 230 g/mol. The third-order valence-corrected chi connectivity index (χ3v) is 3.99. The van der Waals surface area contributed by atoms with Crippen LogP contribution in [0.2, 0.25) is 0 Å². The summed E-state index contributed by atoms with van der Waals surface area (Å²) in [5.74, 6) is 1.12. The van der Waals surface area contributed by atoms with Crippen molar-refractivity contribution in [2.24, 2.45) is 11.8 Å². The van der Waals surface area contributed by atoms with E-state index in [1.54, 1.807) is 0 Å². The summed E-state index contributed by atoms with van der Waals surface area (Å²) in [6.45, 7) is 4.85. The van der Waals surface area contributed by atoms with Gasteiger partial charge >= 0.3 is 0 Å². The molecule has 5 heteroatoms. The highest BCUT2D eigenvalue weighted by molar-refractivity contribution is 5.82. The van der Waals surface area contributed by atoms with Gasteiger partial charge in [-0.1, -0.05) is 6.92 Å². The lowest BCUT2D eigenvalue weighted by Gasteiger charge is -2.28. The molecule has 0 bridgehead atoms. The predicted octanol–water partition coefficient (Wildman–Crippen LogP) is 0.0169. The van der Waals surface area contributed by atoms with Crippen LogP contribution in [0.4, 0.5) is 0 Å². The van der Waals surface area contributed by atoms with Crippen LogP contribution in [0.5, 0.6) is 0 Å². The van der Waals surface area contributed by atoms with Gasteiger partial charge in [0.15, 0.2) is 0 Å². The molecule has 2 aliphatic heterocycles. The summed E-state index contributed by atoms with van der Waals surface area (Å²) < 4.78 is 0. The number of rotatable bonds is 4. The maximum Gasteiger partial charge on any atom is 0.222 e. The molecule has 0 spiro atoms. The van der Waals surface area contributed by atoms with Gasteiger partial charge in [-0.15, -0.1) is 0 Å². The summed E-state index contributed by atoms with van der Waals surface area (Å²) in [6, 6.07) is -0.0123. The Morgan fingerprint density at radius 3 is 2.94 bits per heavy atom. The van der Waals surface area contributed by atoms with E-state index in [-0.39, 0.29) is 17.9 Å². The van der Waals surface area contributed by atoms with E-state index in [9.17, 15) is 9.59 Å². The molecule has 3 unspecified atom stereocenters. The minimum absolute atomic E-state index is 0.0123. The molecule has 2 heterocycles. The number of hydrogen-bond acceptors (Lipinski definition) is 3. The van der Waals surface area contributed by atoms with Crippen LogP contribution >= 0.6 is 0 Å². The fraction of sp³-hybridized carbons (Fsp3) is 0.846. The molecule has 0 radical (unpaired) electrons. The lowest BCUT2D eigenvalue weighted by molar-refractivity contribution is -0.123. The van der Waals surface area contributed by atoms with E-state index in [4.69, 9.17) is 0 Å². The molecule has 3 atom stereocenters. The zero-order valence-corrected chi connectivity index (χ0v) is 11.0. The van der Waals surface area contributed by atoms with E-state index < -0.39 is 0 Å². The molecule has 102 valence electrons. The van der Waals surface area contributed by atoms with Gasteiger partial charge in [0.05, 0.1) is 6.04 Å². The Morgan fingerprint density at radius 1 is 1.50 bits per heavy atom. The quantitative estimate of drug-likeness (QED) is 0.661. The molecule has 0 aromatic heterocycles. The monoisotopic (exact) mass is 253 g/mol. The van der Waals surface area contributed by atoms with Crippen molar-refractivity contribution in [1.82, 2.24) is 16.0 Å². The first-order valence-corrected chi connectivity index (χ1v) is 6.92. The van der Waals surface area contributed by atoms with Crippen LogP contribution in [-0.4, -0.2) is 37.5 Å². The summed E-state index contributed by atoms with van der Waals surface area (Å²) >= 11 is 0. The first-order chi connectivity index (χ1) is 8.65. The van der Waals surface area contributed by atoms with Crippen molar-refractivity contribution >= 4 is 11.8 Å². The standard InChI is InChI=1S/C13H23N3O2/c1-9(10-3-2-4-14-7-10)5-13(18)16-11-6-12(17)15-8-11/h9-11,14H,2-8H2,1H3,(H,15,17)(H,16,18). The number of amides is 2. The molecule has 18 heavy (non-hydrogen) atoms. The van der Waals surface area contributed by atoms with E-state index >= 15 is 0 Å². The highest BCUT2D eigenvalue weighted by Crippen LogP contribution is 2.22. The fourth-order valence-electron chi connectivity index (χ4n) is 2.82. The van der Waals surface area contributed by atoms with Crippen molar-refractivity contribution in [2.45, 2.75) is 38.6 Å². The first-order valence-electron chi connectivity index (χ1n) is 6.92. The Bertz CT molecular complexity index is 313. The third kappa shape index (κ3) is 3.70. The number of piperidine rings is 1. The molecule has 0 aromatic carbocycles. The van der Waals surface area contributed by atoms with Crippen LogP contribution in [0.25, 0.3) is 0 Å². The third-order valence-electron chi connectivity index (χ3n) is 3.99. The highest BCUT2D eigenvalue weighted by Gasteiger charge is 2.25. The Kier molecular flexibility index (Phi) is 4.58. The van der Waals surface area contributed by atoms with Gasteiger partial charge in [-0.3, -0.25) is 9.59 Å². The average molecular weight is 253 g/mol. The van der Waals surface area contributed by atoms with Gasteiger partial charge in [-0.25, -0.2) is 0 Å². The number of hydrogen-bond donors (Lipinski definition) is 3. The Labute approximate surface area is 108 Å². The van der Waals surface area contributed by atoms with E-state index in [2.05, 4.69) is 22.9 Å². The van der Waals surface area contributed by atoms with Gasteiger partial charge in [0.1, 0.15) is 0 Å². The summed E-state index contributed by atoms with van der Waals surface area (Å²) in [5, 5.41) is 9.05. The molecule has 2 fully saturated rings. The van der Waals surface area contributed by atoms with E-state index in [1.165, 1.54) is 12.8 Å². The minimum atomic E-state index is -0.0123. The number of carbonyl (C=O) groups excluding carboxylic acids is 2. The van der Waals surface area contributed by atoms with Crippen molar-refractivity contribution in [2.75, 3.05) is 19.6 Å². The first kappa shape index (κ1) is 13.3. The van der Waals surface area contributed by atoms with Crippen molar-refractivity contribution in [1.29, 1.82) is 0 Å². The van der Waals surface area contributed by atoms with Gasteiger partial charge in [-0.05, 0) is 37.8 Å². The van der Waals surface area contributed by atoms with Gasteiger partial charge in [0, 0.05) is 19.4 Å². The Morgan fingerprint density at radius 2 is 2.33 bits per heavy atom. The fourth-order valence-corrected chi connectivity index (χ4v) is 2.82. The summed E-state index contributed by atoms with van der Waals surface area (Å²) in [6.07, 6.45) is 3.41. The maximum atomic E-state index is 11.9. The topological polar surface area (TPSA) is 70.2 Å². The number of carbonyl (C=O) groups is 2. The summed E-state index contributed by atoms with van der Waals surface area (Å²) in [5.41, 5.74) is 0. The molecule has 2 rings (SSSR count). The van der Waals surface area contributed by atoms with Crippen LogP contribution in [0.15, 0.2) is 0 Å². The van der Waals surface area contributed by atoms with E-state index in [0.29, 0.717) is 31.2 Å². The Hall–Kier alpha value is -1.10. The SMILES string of the molecule is CC(CC(=O)NC1CNC(=O)C1)C1CCCNC1. The van der Waals surface area contributed by atoms with Crippen LogP contribution in [0.3, 0.4) is 0 Å². The molecule has 0 aliphatic carbocycles. The molecular formula is C13H23N3O2. The van der Waals surface area contributed by atoms with E-state index in [1.807, 2.05) is 0 Å². The lowest BCUT2D eigenvalue weighted by atomic mass is 9.85. The van der Waals surface area contributed by atoms with Crippen LogP contribution in [0.1, 0.15) is 32.6 Å². The van der Waals surface area contributed by atoms with Gasteiger partial charge in [0.2, 0.25) is 11.8 Å². The lowest BCUT2D eigenvalue weighted by Crippen LogP contribution is -2.39. The second-order valence-electron chi connectivity index (χ2n) is 5.56. The van der Waals surface area contributed by atoms with Crippen molar-refractivity contribution < 1.29 is 9.59 Å². The molecule has 0 aromatic rings. The summed E-state index contributed by atoms with van der Waals surface area (Å²) in [7, 11) is 0. The minimum Gasteiger partial charge on any atom is -0.354 e. The molecule has 0 saturated carbocycles. The van der Waals surface area contributed by atoms with Gasteiger partial charge in [0.25, 0.3) is 0 Å². The van der Waals surface area contributed by atoms with Gasteiger partial charge in [-0.2, -0.15) is 0 Å². The average Bonchev–Trinajstić information content (AvgIpc) is 2.75. The van der Waals surface area contributed by atoms with Crippen LogP contribution in [0, 0.1) is 11.8 Å². The molecule has 2 amide bonds. The molecule has 2 saturated heterocycles. The smallest absolute Gasteiger partial charge is 0.222 e. The molecule has 3 N–H and O–H groups in total. The van der Waals surface area contributed by atoms with E-state index in [0.717, 1.165) is 13.1 Å². The van der Waals surface area contributed by atoms with Crippen molar-refractivity contribution in [3.8, 4) is 0 Å². The van der Waals surface area contributed by atoms with Crippen LogP contribution in [-0.2, 0) is 9.59 Å². The van der Waals surface area contributed by atoms with Crippen LogP contribution < -0.4 is 16.0 Å². The number of nitrogens with one attached hydrogen (secondary N) is 3. The second kappa shape index (κ2) is 6.18. The van der Waals surface area contributed by atoms with Gasteiger partial charge < -0.3 is 16.0 Å². The predicted molar refractivity (Wildman–Crippen MR) is 68.9 cm³/mol. The zero-order chi connectivity index (χ0) is 13.0. The zero-order valence-electron chi connectivity index (χ0n) is 11.0. The Balaban J connectivity index is 1.71. The largest absolute Gasteiger partial charge is 0.354 e. The van der Waals surface area contributed by atoms with Crippen molar-refractivity contribution in [3.05, 3.63) is 0 Å². The van der Waals surface area contributed by atoms with Crippen molar-refractivity contribution in [3.63, 3.8) is 0 Å². The summed E-state index contributed by atoms with van der Waals surface area (Å²) in [4.78, 5) is 22.9. The second-order valence-corrected chi connectivity index (χ2v) is 5.56. The normalized spacial score (nSPS) is 29.7. The molecule has 5 nitrogen and oxygen atoms in total. The highest BCUT2D eigenvalue weighted by atomic mass is 16.2.